The molecule has 0 aliphatic rings. The van der Waals surface area contributed by atoms with Crippen molar-refractivity contribution in [2.24, 2.45) is 7.05 Å². The van der Waals surface area contributed by atoms with Gasteiger partial charge in [-0.05, 0) is 7.05 Å². The van der Waals surface area contributed by atoms with E-state index in [4.69, 9.17) is 5.73 Å². The molecule has 0 radical (unpaired) electrons. The Balaban J connectivity index is 0.00000220. The average Bonchev–Trinajstić information content (AvgIpc) is 2.84. The molecule has 0 bridgehead atoms. The van der Waals surface area contributed by atoms with E-state index in [-0.39, 0.29) is 24.5 Å². The summed E-state index contributed by atoms with van der Waals surface area (Å²) >= 11 is 1.32. The first-order valence-corrected chi connectivity index (χ1v) is 6.56. The Labute approximate surface area is 130 Å². The van der Waals surface area contributed by atoms with Crippen molar-refractivity contribution in [2.45, 2.75) is 19.3 Å². The number of hydrogen-bond donors (Lipinski definition) is 1. The normalized spacial score (nSPS) is 11.7. The SMILES string of the molecule is CN(Cc1cnc(N)s1)Cc1cn(C)nc1C(F)(F)F.Cl. The maximum Gasteiger partial charge on any atom is 0.435 e. The van der Waals surface area contributed by atoms with E-state index in [1.54, 1.807) is 18.1 Å². The maximum atomic E-state index is 12.8. The molecule has 0 saturated heterocycles. The maximum absolute atomic E-state index is 12.8. The lowest BCUT2D eigenvalue weighted by molar-refractivity contribution is -0.142. The monoisotopic (exact) mass is 341 g/mol. The van der Waals surface area contributed by atoms with E-state index in [1.165, 1.54) is 29.3 Å². The number of rotatable bonds is 4. The summed E-state index contributed by atoms with van der Waals surface area (Å²) in [5, 5.41) is 3.93. The lowest BCUT2D eigenvalue weighted by Gasteiger charge is -2.15. The van der Waals surface area contributed by atoms with Gasteiger partial charge in [-0.1, -0.05) is 0 Å². The van der Waals surface area contributed by atoms with Gasteiger partial charge in [0.15, 0.2) is 10.8 Å². The zero-order valence-corrected chi connectivity index (χ0v) is 13.0. The highest BCUT2D eigenvalue weighted by molar-refractivity contribution is 7.15. The molecule has 10 heteroatoms. The second-order valence-corrected chi connectivity index (χ2v) is 5.66. The van der Waals surface area contributed by atoms with Gasteiger partial charge in [0.1, 0.15) is 0 Å². The molecule has 2 aromatic rings. The summed E-state index contributed by atoms with van der Waals surface area (Å²) in [5.74, 6) is 0. The largest absolute Gasteiger partial charge is 0.435 e. The molecule has 0 aliphatic carbocycles. The summed E-state index contributed by atoms with van der Waals surface area (Å²) in [6.07, 6.45) is -1.42. The Morgan fingerprint density at radius 2 is 2.05 bits per heavy atom. The Morgan fingerprint density at radius 3 is 2.57 bits per heavy atom. The number of nitrogens with zero attached hydrogens (tertiary/aromatic N) is 4. The van der Waals surface area contributed by atoms with Crippen molar-refractivity contribution in [3.63, 3.8) is 0 Å². The molecular weight excluding hydrogens is 327 g/mol. The lowest BCUT2D eigenvalue weighted by atomic mass is 10.2. The summed E-state index contributed by atoms with van der Waals surface area (Å²) in [6.45, 7) is 0.640. The highest BCUT2D eigenvalue weighted by atomic mass is 35.5. The molecule has 118 valence electrons. The topological polar surface area (TPSA) is 60.0 Å². The van der Waals surface area contributed by atoms with Crippen LogP contribution in [0.2, 0.25) is 0 Å². The summed E-state index contributed by atoms with van der Waals surface area (Å²) in [7, 11) is 3.21. The molecule has 0 aliphatic heterocycles. The van der Waals surface area contributed by atoms with Crippen LogP contribution in [0.5, 0.6) is 0 Å². The molecule has 2 aromatic heterocycles. The van der Waals surface area contributed by atoms with Crippen LogP contribution >= 0.6 is 23.7 Å². The molecular formula is C11H15ClF3N5S. The number of nitrogens with two attached hydrogens (primary N) is 1. The second kappa shape index (κ2) is 6.63. The molecule has 0 amide bonds. The van der Waals surface area contributed by atoms with Gasteiger partial charge in [0.05, 0.1) is 0 Å². The summed E-state index contributed by atoms with van der Waals surface area (Å²) in [4.78, 5) is 6.58. The standard InChI is InChI=1S/C11H14F3N5S.ClH/c1-18(6-8-3-16-10(15)20-8)4-7-5-19(2)17-9(7)11(12,13)14;/h3,5H,4,6H2,1-2H3,(H2,15,16);1H. The molecule has 2 rings (SSSR count). The van der Waals surface area contributed by atoms with Crippen molar-refractivity contribution in [3.8, 4) is 0 Å². The van der Waals surface area contributed by atoms with Gasteiger partial charge in [0, 0.05) is 43.0 Å². The molecule has 0 unspecified atom stereocenters. The van der Waals surface area contributed by atoms with E-state index in [0.717, 1.165) is 4.88 Å². The number of nitrogen functional groups attached to an aromatic ring is 1. The zero-order chi connectivity index (χ0) is 14.9. The Bertz CT molecular complexity index is 595. The minimum atomic E-state index is -4.44. The Morgan fingerprint density at radius 1 is 1.38 bits per heavy atom. The van der Waals surface area contributed by atoms with Gasteiger partial charge in [-0.3, -0.25) is 9.58 Å². The van der Waals surface area contributed by atoms with E-state index in [0.29, 0.717) is 11.7 Å². The van der Waals surface area contributed by atoms with Gasteiger partial charge in [0.2, 0.25) is 0 Å². The number of thiazole rings is 1. The summed E-state index contributed by atoms with van der Waals surface area (Å²) < 4.78 is 39.6. The van der Waals surface area contributed by atoms with Gasteiger partial charge in [-0.25, -0.2) is 4.98 Å². The smallest absolute Gasteiger partial charge is 0.375 e. The van der Waals surface area contributed by atoms with Crippen LogP contribution in [0.3, 0.4) is 0 Å². The van der Waals surface area contributed by atoms with Crippen LogP contribution < -0.4 is 5.73 Å². The second-order valence-electron chi connectivity index (χ2n) is 4.51. The molecule has 5 nitrogen and oxygen atoms in total. The van der Waals surface area contributed by atoms with Crippen molar-refractivity contribution < 1.29 is 13.2 Å². The van der Waals surface area contributed by atoms with E-state index in [9.17, 15) is 13.2 Å². The molecule has 0 spiro atoms. The van der Waals surface area contributed by atoms with Crippen molar-refractivity contribution >= 4 is 28.9 Å². The van der Waals surface area contributed by atoms with Crippen molar-refractivity contribution in [3.05, 3.63) is 28.5 Å². The summed E-state index contributed by atoms with van der Waals surface area (Å²) in [6, 6.07) is 0. The summed E-state index contributed by atoms with van der Waals surface area (Å²) in [5.41, 5.74) is 4.83. The third-order valence-electron chi connectivity index (χ3n) is 2.61. The number of aromatic nitrogens is 3. The van der Waals surface area contributed by atoms with Gasteiger partial charge >= 0.3 is 6.18 Å². The van der Waals surface area contributed by atoms with Gasteiger partial charge < -0.3 is 5.73 Å². The van der Waals surface area contributed by atoms with Crippen LogP contribution in [0.4, 0.5) is 18.3 Å². The first-order valence-electron chi connectivity index (χ1n) is 5.74. The number of halogens is 4. The Hall–Kier alpha value is -1.32. The highest BCUT2D eigenvalue weighted by Crippen LogP contribution is 2.31. The van der Waals surface area contributed by atoms with Crippen LogP contribution in [0, 0.1) is 0 Å². The van der Waals surface area contributed by atoms with E-state index < -0.39 is 11.9 Å². The molecule has 21 heavy (non-hydrogen) atoms. The quantitative estimate of drug-likeness (QED) is 0.928. The van der Waals surface area contributed by atoms with Crippen LogP contribution in [-0.2, 0) is 26.3 Å². The first kappa shape index (κ1) is 17.7. The predicted octanol–water partition coefficient (Wildman–Crippen LogP) is 2.53. The fourth-order valence-corrected chi connectivity index (χ4v) is 2.66. The Kier molecular flexibility index (Phi) is 5.60. The number of aryl methyl sites for hydroxylation is 1. The van der Waals surface area contributed by atoms with Crippen molar-refractivity contribution in [2.75, 3.05) is 12.8 Å². The van der Waals surface area contributed by atoms with E-state index in [1.807, 2.05) is 0 Å². The molecule has 0 fully saturated rings. The minimum Gasteiger partial charge on any atom is -0.375 e. The van der Waals surface area contributed by atoms with Crippen molar-refractivity contribution in [1.29, 1.82) is 0 Å². The van der Waals surface area contributed by atoms with Gasteiger partial charge in [-0.15, -0.1) is 23.7 Å². The zero-order valence-electron chi connectivity index (χ0n) is 11.4. The highest BCUT2D eigenvalue weighted by Gasteiger charge is 2.37. The van der Waals surface area contributed by atoms with Crippen LogP contribution in [0.1, 0.15) is 16.1 Å². The lowest BCUT2D eigenvalue weighted by Crippen LogP contribution is -2.19. The van der Waals surface area contributed by atoms with Crippen LogP contribution in [-0.4, -0.2) is 26.7 Å². The molecule has 0 atom stereocenters. The first-order chi connectivity index (χ1) is 9.25. The van der Waals surface area contributed by atoms with E-state index >= 15 is 0 Å². The molecule has 0 saturated carbocycles. The number of hydrogen-bond acceptors (Lipinski definition) is 5. The minimum absolute atomic E-state index is 0. The van der Waals surface area contributed by atoms with Crippen LogP contribution in [0.15, 0.2) is 12.4 Å². The predicted molar refractivity (Wildman–Crippen MR) is 77.2 cm³/mol. The number of anilines is 1. The van der Waals surface area contributed by atoms with E-state index in [2.05, 4.69) is 10.1 Å². The molecule has 0 aromatic carbocycles. The third-order valence-corrected chi connectivity index (χ3v) is 3.42. The molecule has 2 heterocycles. The fourth-order valence-electron chi connectivity index (χ4n) is 1.90. The van der Waals surface area contributed by atoms with Gasteiger partial charge in [-0.2, -0.15) is 18.3 Å². The fraction of sp³-hybridized carbons (Fsp3) is 0.455. The van der Waals surface area contributed by atoms with Gasteiger partial charge in [0.25, 0.3) is 0 Å². The van der Waals surface area contributed by atoms with Crippen molar-refractivity contribution in [1.82, 2.24) is 19.7 Å². The molecule has 2 N–H and O–H groups in total. The average molecular weight is 342 g/mol. The number of alkyl halides is 3. The van der Waals surface area contributed by atoms with Crippen LogP contribution in [0.25, 0.3) is 0 Å². The third kappa shape index (κ3) is 4.58.